The fourth-order valence-corrected chi connectivity index (χ4v) is 3.67. The molecule has 1 unspecified atom stereocenters. The van der Waals surface area contributed by atoms with Gasteiger partial charge in [0.15, 0.2) is 11.8 Å². The van der Waals surface area contributed by atoms with Crippen LogP contribution in [-0.2, 0) is 20.1 Å². The van der Waals surface area contributed by atoms with E-state index >= 15 is 0 Å². The Morgan fingerprint density at radius 1 is 1.24 bits per heavy atom. The molecule has 0 fully saturated rings. The van der Waals surface area contributed by atoms with Crippen molar-refractivity contribution < 1.29 is 9.47 Å². The van der Waals surface area contributed by atoms with Gasteiger partial charge in [-0.15, -0.1) is 34.2 Å². The number of rotatable bonds is 8. The molecule has 34 heavy (non-hydrogen) atoms. The molecule has 0 bridgehead atoms. The lowest BCUT2D eigenvalue weighted by atomic mass is 10.0. The average molecular weight is 574 g/mol. The lowest BCUT2D eigenvalue weighted by Gasteiger charge is -2.28. The fraction of sp³-hybridized carbons (Fsp3) is 0.320. The molecule has 8 nitrogen and oxygen atoms in total. The molecular weight excluding hydrogens is 543 g/mol. The Kier molecular flexibility index (Phi) is 9.32. The molecule has 2 heterocycles. The first kappa shape index (κ1) is 25.5. The predicted octanol–water partition coefficient (Wildman–Crippen LogP) is 4.07. The minimum atomic E-state index is 0. The van der Waals surface area contributed by atoms with Gasteiger partial charge in [-0.25, -0.2) is 4.99 Å². The second-order valence-electron chi connectivity index (χ2n) is 7.82. The van der Waals surface area contributed by atoms with Crippen LogP contribution in [0.25, 0.3) is 0 Å². The molecule has 0 radical (unpaired) electrons. The van der Waals surface area contributed by atoms with E-state index in [0.29, 0.717) is 32.3 Å². The normalized spacial score (nSPS) is 14.9. The zero-order valence-electron chi connectivity index (χ0n) is 19.5. The zero-order chi connectivity index (χ0) is 23.0. The van der Waals surface area contributed by atoms with Gasteiger partial charge in [0.2, 0.25) is 0 Å². The highest BCUT2D eigenvalue weighted by molar-refractivity contribution is 14.0. The largest absolute Gasteiger partial charge is 0.493 e. The summed E-state index contributed by atoms with van der Waals surface area (Å²) in [6.45, 7) is 7.74. The molecule has 1 atom stereocenters. The van der Waals surface area contributed by atoms with E-state index in [9.17, 15) is 0 Å². The number of aryl methyl sites for hydroxylation is 1. The molecule has 3 aromatic rings. The van der Waals surface area contributed by atoms with E-state index in [0.717, 1.165) is 40.7 Å². The van der Waals surface area contributed by atoms with Crippen LogP contribution in [0.4, 0.5) is 0 Å². The summed E-state index contributed by atoms with van der Waals surface area (Å²) in [5.41, 5.74) is 2.13. The highest BCUT2D eigenvalue weighted by Crippen LogP contribution is 2.31. The number of guanidine groups is 1. The van der Waals surface area contributed by atoms with Crippen LogP contribution >= 0.6 is 24.0 Å². The molecule has 1 aliphatic rings. The molecule has 180 valence electrons. The number of nitrogens with one attached hydrogen (secondary N) is 2. The third-order valence-corrected chi connectivity index (χ3v) is 5.60. The summed E-state index contributed by atoms with van der Waals surface area (Å²) in [7, 11) is 1.96. The molecule has 4 rings (SSSR count). The Balaban J connectivity index is 0.00000324. The second kappa shape index (κ2) is 12.4. The molecule has 0 saturated carbocycles. The van der Waals surface area contributed by atoms with E-state index in [1.54, 1.807) is 6.08 Å². The van der Waals surface area contributed by atoms with Crippen molar-refractivity contribution in [2.24, 2.45) is 12.0 Å². The van der Waals surface area contributed by atoms with Crippen LogP contribution in [0, 0.1) is 6.92 Å². The van der Waals surface area contributed by atoms with Gasteiger partial charge in [0, 0.05) is 24.6 Å². The van der Waals surface area contributed by atoms with Gasteiger partial charge in [-0.2, -0.15) is 0 Å². The van der Waals surface area contributed by atoms with Crippen LogP contribution in [0.2, 0.25) is 0 Å². The summed E-state index contributed by atoms with van der Waals surface area (Å²) in [5, 5.41) is 15.4. The van der Waals surface area contributed by atoms with Crippen molar-refractivity contribution >= 4 is 29.9 Å². The fourth-order valence-electron chi connectivity index (χ4n) is 3.67. The maximum atomic E-state index is 5.82. The second-order valence-corrected chi connectivity index (χ2v) is 7.82. The summed E-state index contributed by atoms with van der Waals surface area (Å²) in [6.07, 6.45) is 2.58. The summed E-state index contributed by atoms with van der Waals surface area (Å²) in [4.78, 5) is 4.87. The van der Waals surface area contributed by atoms with Gasteiger partial charge in [0.05, 0.1) is 25.7 Å². The van der Waals surface area contributed by atoms with Crippen molar-refractivity contribution in [3.63, 3.8) is 0 Å². The molecule has 1 aromatic heterocycles. The number of halogens is 1. The zero-order valence-corrected chi connectivity index (χ0v) is 21.9. The van der Waals surface area contributed by atoms with Crippen molar-refractivity contribution in [2.75, 3.05) is 13.2 Å². The van der Waals surface area contributed by atoms with Gasteiger partial charge < -0.3 is 24.7 Å². The Morgan fingerprint density at radius 3 is 2.82 bits per heavy atom. The molecule has 2 aromatic carbocycles. The van der Waals surface area contributed by atoms with Crippen molar-refractivity contribution in [3.8, 4) is 11.5 Å². The molecule has 0 saturated heterocycles. The van der Waals surface area contributed by atoms with Crippen LogP contribution < -0.4 is 20.1 Å². The number of fused-ring (bicyclic) bond motifs is 1. The van der Waals surface area contributed by atoms with E-state index in [4.69, 9.17) is 14.5 Å². The van der Waals surface area contributed by atoms with Gasteiger partial charge in [-0.1, -0.05) is 49.1 Å². The number of aliphatic imine (C=N–C) groups is 1. The van der Waals surface area contributed by atoms with Crippen LogP contribution in [0.5, 0.6) is 11.5 Å². The van der Waals surface area contributed by atoms with E-state index in [1.807, 2.05) is 61.0 Å². The number of benzene rings is 2. The Morgan fingerprint density at radius 2 is 2.03 bits per heavy atom. The number of nitrogens with zero attached hydrogens (tertiary/aromatic N) is 4. The third-order valence-electron chi connectivity index (χ3n) is 5.60. The number of aromatic nitrogens is 3. The maximum absolute atomic E-state index is 5.82. The number of para-hydroxylation sites is 2. The molecular formula is C25H31IN6O2. The third kappa shape index (κ3) is 6.28. The highest BCUT2D eigenvalue weighted by atomic mass is 127. The Bertz CT molecular complexity index is 1130. The summed E-state index contributed by atoms with van der Waals surface area (Å²) >= 11 is 0. The maximum Gasteiger partial charge on any atom is 0.192 e. The van der Waals surface area contributed by atoms with Crippen LogP contribution in [-0.4, -0.2) is 33.9 Å². The standard InChI is InChI=1S/C25H30N6O2.HI/c1-4-14-32-22-11-7-5-9-19(22)16-26-25(27-17-24-30-29-18(2)31(24)3)28-21-13-15-33-23-12-8-6-10-20(21)23;/h4-12,21H,1,13-17H2,2-3H3,(H2,26,27,28);1H. The predicted molar refractivity (Wildman–Crippen MR) is 144 cm³/mol. The molecule has 1 aliphatic heterocycles. The topological polar surface area (TPSA) is 85.6 Å². The van der Waals surface area contributed by atoms with E-state index in [1.165, 1.54) is 0 Å². The molecule has 9 heteroatoms. The first-order valence-electron chi connectivity index (χ1n) is 11.1. The SMILES string of the molecule is C=CCOc1ccccc1CN=C(NCc1nnc(C)n1C)NC1CCOc2ccccc21.I. The highest BCUT2D eigenvalue weighted by Gasteiger charge is 2.22. The van der Waals surface area contributed by atoms with E-state index in [-0.39, 0.29) is 30.0 Å². The van der Waals surface area contributed by atoms with Crippen LogP contribution in [0.15, 0.2) is 66.2 Å². The first-order chi connectivity index (χ1) is 16.2. The van der Waals surface area contributed by atoms with Gasteiger partial charge in [-0.05, 0) is 19.1 Å². The summed E-state index contributed by atoms with van der Waals surface area (Å²) in [5.74, 6) is 4.11. The number of hydrogen-bond acceptors (Lipinski definition) is 5. The monoisotopic (exact) mass is 574 g/mol. The lowest BCUT2D eigenvalue weighted by Crippen LogP contribution is -2.41. The first-order valence-corrected chi connectivity index (χ1v) is 11.1. The number of ether oxygens (including phenoxy) is 2. The van der Waals surface area contributed by atoms with E-state index in [2.05, 4.69) is 33.5 Å². The molecule has 0 aliphatic carbocycles. The smallest absolute Gasteiger partial charge is 0.192 e. The average Bonchev–Trinajstić information content (AvgIpc) is 3.17. The molecule has 0 amide bonds. The van der Waals surface area contributed by atoms with Crippen LogP contribution in [0.1, 0.15) is 35.2 Å². The Hall–Kier alpha value is -3.08. The van der Waals surface area contributed by atoms with Gasteiger partial charge in [0.1, 0.15) is 23.9 Å². The summed E-state index contributed by atoms with van der Waals surface area (Å²) < 4.78 is 13.6. The lowest BCUT2D eigenvalue weighted by molar-refractivity contribution is 0.261. The van der Waals surface area contributed by atoms with Gasteiger partial charge in [0.25, 0.3) is 0 Å². The minimum Gasteiger partial charge on any atom is -0.493 e. The molecule has 2 N–H and O–H groups in total. The van der Waals surface area contributed by atoms with Crippen LogP contribution in [0.3, 0.4) is 0 Å². The molecule has 0 spiro atoms. The van der Waals surface area contributed by atoms with Gasteiger partial charge >= 0.3 is 0 Å². The quantitative estimate of drug-likeness (QED) is 0.183. The summed E-state index contributed by atoms with van der Waals surface area (Å²) in [6, 6.07) is 16.1. The van der Waals surface area contributed by atoms with Crippen molar-refractivity contribution in [1.29, 1.82) is 0 Å². The van der Waals surface area contributed by atoms with Crippen molar-refractivity contribution in [3.05, 3.63) is 84.0 Å². The van der Waals surface area contributed by atoms with E-state index < -0.39 is 0 Å². The van der Waals surface area contributed by atoms with Gasteiger partial charge in [-0.3, -0.25) is 0 Å². The minimum absolute atomic E-state index is 0. The Labute approximate surface area is 217 Å². The number of hydrogen-bond donors (Lipinski definition) is 2. The van der Waals surface area contributed by atoms with Crippen molar-refractivity contribution in [1.82, 2.24) is 25.4 Å². The van der Waals surface area contributed by atoms with Crippen molar-refractivity contribution in [2.45, 2.75) is 32.5 Å².